The SMILES string of the molecule is CC(C)(C)OC(=O)NCC(CCN)c1cc(Br)cs1. The molecule has 0 aliphatic carbocycles. The van der Waals surface area contributed by atoms with Crippen LogP contribution in [0.25, 0.3) is 0 Å². The molecule has 0 spiro atoms. The summed E-state index contributed by atoms with van der Waals surface area (Å²) in [5, 5.41) is 4.84. The maximum Gasteiger partial charge on any atom is 0.407 e. The van der Waals surface area contributed by atoms with Gasteiger partial charge in [0, 0.05) is 27.2 Å². The normalized spacial score (nSPS) is 13.1. The molecule has 1 aromatic rings. The average Bonchev–Trinajstić information content (AvgIpc) is 2.68. The van der Waals surface area contributed by atoms with E-state index in [-0.39, 0.29) is 12.0 Å². The number of nitrogens with two attached hydrogens (primary N) is 1. The van der Waals surface area contributed by atoms with Crippen molar-refractivity contribution in [1.82, 2.24) is 5.32 Å². The molecule has 0 aromatic carbocycles. The first kappa shape index (κ1) is 16.5. The third-order valence-corrected chi connectivity index (χ3v) is 4.25. The van der Waals surface area contributed by atoms with Crippen LogP contribution in [-0.2, 0) is 4.74 Å². The summed E-state index contributed by atoms with van der Waals surface area (Å²) in [4.78, 5) is 12.8. The minimum Gasteiger partial charge on any atom is -0.444 e. The number of carbonyl (C=O) groups excluding carboxylic acids is 1. The molecular formula is C13H21BrN2O2S. The highest BCUT2D eigenvalue weighted by atomic mass is 79.9. The van der Waals surface area contributed by atoms with Crippen LogP contribution < -0.4 is 11.1 Å². The summed E-state index contributed by atoms with van der Waals surface area (Å²) in [6.07, 6.45) is 0.452. The lowest BCUT2D eigenvalue weighted by atomic mass is 10.0. The van der Waals surface area contributed by atoms with Gasteiger partial charge >= 0.3 is 6.09 Å². The lowest BCUT2D eigenvalue weighted by Gasteiger charge is -2.21. The lowest BCUT2D eigenvalue weighted by molar-refractivity contribution is 0.0524. The van der Waals surface area contributed by atoms with Gasteiger partial charge in [-0.2, -0.15) is 0 Å². The first-order valence-electron chi connectivity index (χ1n) is 6.22. The van der Waals surface area contributed by atoms with E-state index in [0.717, 1.165) is 10.9 Å². The summed E-state index contributed by atoms with van der Waals surface area (Å²) < 4.78 is 6.28. The van der Waals surface area contributed by atoms with Gasteiger partial charge in [-0.15, -0.1) is 11.3 Å². The first-order chi connectivity index (χ1) is 8.81. The molecule has 6 heteroatoms. The van der Waals surface area contributed by atoms with Crippen LogP contribution in [-0.4, -0.2) is 24.8 Å². The van der Waals surface area contributed by atoms with Crippen molar-refractivity contribution in [3.8, 4) is 0 Å². The van der Waals surface area contributed by atoms with E-state index in [4.69, 9.17) is 10.5 Å². The monoisotopic (exact) mass is 348 g/mol. The molecule has 1 rings (SSSR count). The molecule has 1 unspecified atom stereocenters. The molecular weight excluding hydrogens is 328 g/mol. The molecule has 1 amide bonds. The van der Waals surface area contributed by atoms with Crippen molar-refractivity contribution < 1.29 is 9.53 Å². The van der Waals surface area contributed by atoms with Gasteiger partial charge in [0.15, 0.2) is 0 Å². The molecule has 0 aliphatic heterocycles. The largest absolute Gasteiger partial charge is 0.444 e. The highest BCUT2D eigenvalue weighted by Gasteiger charge is 2.18. The zero-order chi connectivity index (χ0) is 14.5. The van der Waals surface area contributed by atoms with Gasteiger partial charge < -0.3 is 15.8 Å². The maximum absolute atomic E-state index is 11.6. The molecule has 3 N–H and O–H groups in total. The van der Waals surface area contributed by atoms with Crippen molar-refractivity contribution in [2.24, 2.45) is 5.73 Å². The molecule has 0 saturated carbocycles. The predicted octanol–water partition coefficient (Wildman–Crippen LogP) is 3.47. The van der Waals surface area contributed by atoms with Gasteiger partial charge in [-0.1, -0.05) is 0 Å². The number of hydrogen-bond acceptors (Lipinski definition) is 4. The quantitative estimate of drug-likeness (QED) is 0.856. The van der Waals surface area contributed by atoms with Gasteiger partial charge in [0.2, 0.25) is 0 Å². The predicted molar refractivity (Wildman–Crippen MR) is 82.7 cm³/mol. The second-order valence-corrected chi connectivity index (χ2v) is 7.18. The smallest absolute Gasteiger partial charge is 0.407 e. The fourth-order valence-electron chi connectivity index (χ4n) is 1.61. The number of rotatable bonds is 5. The number of alkyl carbamates (subject to hydrolysis) is 1. The summed E-state index contributed by atoms with van der Waals surface area (Å²) >= 11 is 5.11. The van der Waals surface area contributed by atoms with Crippen LogP contribution >= 0.6 is 27.3 Å². The van der Waals surface area contributed by atoms with Gasteiger partial charge in [0.05, 0.1) is 0 Å². The minimum absolute atomic E-state index is 0.230. The number of thiophene rings is 1. The van der Waals surface area contributed by atoms with E-state index in [0.29, 0.717) is 13.1 Å². The van der Waals surface area contributed by atoms with Gasteiger partial charge in [-0.05, 0) is 55.7 Å². The van der Waals surface area contributed by atoms with Crippen LogP contribution in [0.1, 0.15) is 38.0 Å². The van der Waals surface area contributed by atoms with E-state index in [1.165, 1.54) is 4.88 Å². The second-order valence-electron chi connectivity index (χ2n) is 5.32. The van der Waals surface area contributed by atoms with Crippen molar-refractivity contribution in [2.45, 2.75) is 38.7 Å². The molecule has 1 aromatic heterocycles. The van der Waals surface area contributed by atoms with E-state index in [2.05, 4.69) is 27.3 Å². The van der Waals surface area contributed by atoms with E-state index in [9.17, 15) is 4.79 Å². The summed E-state index contributed by atoms with van der Waals surface area (Å²) in [5.41, 5.74) is 5.16. The maximum atomic E-state index is 11.6. The van der Waals surface area contributed by atoms with Crippen LogP contribution in [0.15, 0.2) is 15.9 Å². The molecule has 1 heterocycles. The second kappa shape index (κ2) is 7.26. The number of halogens is 1. The van der Waals surface area contributed by atoms with Crippen molar-refractivity contribution in [2.75, 3.05) is 13.1 Å². The summed E-state index contributed by atoms with van der Waals surface area (Å²) in [5.74, 6) is 0.230. The molecule has 4 nitrogen and oxygen atoms in total. The average molecular weight is 349 g/mol. The number of nitrogens with one attached hydrogen (secondary N) is 1. The number of carbonyl (C=O) groups is 1. The molecule has 0 saturated heterocycles. The summed E-state index contributed by atoms with van der Waals surface area (Å²) in [6, 6.07) is 2.07. The van der Waals surface area contributed by atoms with E-state index in [1.807, 2.05) is 26.2 Å². The fourth-order valence-corrected chi connectivity index (χ4v) is 3.19. The van der Waals surface area contributed by atoms with Gasteiger partial charge in [-0.25, -0.2) is 4.79 Å². The molecule has 0 bridgehead atoms. The third-order valence-electron chi connectivity index (χ3n) is 2.40. The highest BCUT2D eigenvalue weighted by Crippen LogP contribution is 2.28. The zero-order valence-corrected chi connectivity index (χ0v) is 13.9. The Balaban J connectivity index is 2.53. The lowest BCUT2D eigenvalue weighted by Crippen LogP contribution is -2.35. The Morgan fingerprint density at radius 1 is 1.58 bits per heavy atom. The summed E-state index contributed by atoms with van der Waals surface area (Å²) in [7, 11) is 0. The Morgan fingerprint density at radius 2 is 2.26 bits per heavy atom. The Labute approximate surface area is 126 Å². The molecule has 0 aliphatic rings. The van der Waals surface area contributed by atoms with Crippen LogP contribution in [0, 0.1) is 0 Å². The van der Waals surface area contributed by atoms with E-state index >= 15 is 0 Å². The number of hydrogen-bond donors (Lipinski definition) is 2. The molecule has 0 fully saturated rings. The van der Waals surface area contributed by atoms with Crippen LogP contribution in [0.4, 0.5) is 4.79 Å². The van der Waals surface area contributed by atoms with Crippen molar-refractivity contribution in [3.05, 3.63) is 20.8 Å². The molecule has 1 atom stereocenters. The topological polar surface area (TPSA) is 64.3 Å². The van der Waals surface area contributed by atoms with Crippen molar-refractivity contribution in [1.29, 1.82) is 0 Å². The van der Waals surface area contributed by atoms with Gasteiger partial charge in [0.1, 0.15) is 5.60 Å². The molecule has 19 heavy (non-hydrogen) atoms. The Morgan fingerprint density at radius 3 is 2.74 bits per heavy atom. The van der Waals surface area contributed by atoms with Gasteiger partial charge in [-0.3, -0.25) is 0 Å². The number of amides is 1. The minimum atomic E-state index is -0.473. The van der Waals surface area contributed by atoms with E-state index < -0.39 is 5.60 Å². The number of ether oxygens (including phenoxy) is 1. The highest BCUT2D eigenvalue weighted by molar-refractivity contribution is 9.10. The van der Waals surface area contributed by atoms with Crippen molar-refractivity contribution in [3.63, 3.8) is 0 Å². The van der Waals surface area contributed by atoms with Crippen LogP contribution in [0.2, 0.25) is 0 Å². The third kappa shape index (κ3) is 6.40. The first-order valence-corrected chi connectivity index (χ1v) is 7.90. The van der Waals surface area contributed by atoms with Crippen LogP contribution in [0.3, 0.4) is 0 Å². The standard InChI is InChI=1S/C13H21BrN2O2S/c1-13(2,3)18-12(17)16-7-9(4-5-15)11-6-10(14)8-19-11/h6,8-9H,4-5,7,15H2,1-3H3,(H,16,17). The Hall–Kier alpha value is -0.590. The van der Waals surface area contributed by atoms with E-state index in [1.54, 1.807) is 11.3 Å². The van der Waals surface area contributed by atoms with Crippen molar-refractivity contribution >= 4 is 33.4 Å². The fraction of sp³-hybridized carbons (Fsp3) is 0.615. The van der Waals surface area contributed by atoms with Gasteiger partial charge in [0.25, 0.3) is 0 Å². The Kier molecular flexibility index (Phi) is 6.29. The summed E-state index contributed by atoms with van der Waals surface area (Å²) in [6.45, 7) is 6.68. The zero-order valence-electron chi connectivity index (χ0n) is 11.5. The molecule has 0 radical (unpaired) electrons. The molecule has 108 valence electrons. The Bertz CT molecular complexity index is 415. The van der Waals surface area contributed by atoms with Crippen LogP contribution in [0.5, 0.6) is 0 Å².